The molecule has 2 rings (SSSR count). The van der Waals surface area contributed by atoms with E-state index in [-0.39, 0.29) is 11.3 Å². The highest BCUT2D eigenvalue weighted by molar-refractivity contribution is 5.66. The van der Waals surface area contributed by atoms with Crippen LogP contribution in [0.1, 0.15) is 37.3 Å². The first-order chi connectivity index (χ1) is 8.58. The minimum Gasteiger partial charge on any atom is -0.490 e. The highest BCUT2D eigenvalue weighted by Gasteiger charge is 2.35. The van der Waals surface area contributed by atoms with Gasteiger partial charge in [-0.15, -0.1) is 0 Å². The van der Waals surface area contributed by atoms with E-state index in [0.29, 0.717) is 6.61 Å². The number of carbonyl (C=O) groups excluding carboxylic acids is 1. The smallest absolute Gasteiger partial charge is 0.127 e. The topological polar surface area (TPSA) is 26.3 Å². The molecular formula is C16H20O2. The Labute approximate surface area is 109 Å². The molecular weight excluding hydrogens is 224 g/mol. The number of aryl methyl sites for hydroxylation is 1. The number of benzene rings is 1. The van der Waals surface area contributed by atoms with Gasteiger partial charge in [0.15, 0.2) is 0 Å². The van der Waals surface area contributed by atoms with Crippen LogP contribution in [0.15, 0.2) is 30.9 Å². The Morgan fingerprint density at radius 1 is 1.50 bits per heavy atom. The van der Waals surface area contributed by atoms with Crippen LogP contribution in [0.2, 0.25) is 0 Å². The number of fused-ring (bicyclic) bond motifs is 1. The monoisotopic (exact) mass is 244 g/mol. The lowest BCUT2D eigenvalue weighted by Crippen LogP contribution is -2.29. The van der Waals surface area contributed by atoms with E-state index in [1.165, 1.54) is 5.56 Å². The van der Waals surface area contributed by atoms with Crippen LogP contribution >= 0.6 is 0 Å². The van der Waals surface area contributed by atoms with Crippen molar-refractivity contribution >= 4 is 6.29 Å². The molecule has 0 spiro atoms. The maximum atomic E-state index is 11.4. The van der Waals surface area contributed by atoms with Crippen molar-refractivity contribution in [2.45, 2.75) is 32.6 Å². The first kappa shape index (κ1) is 12.9. The van der Waals surface area contributed by atoms with E-state index >= 15 is 0 Å². The molecule has 1 aliphatic rings. The highest BCUT2D eigenvalue weighted by Crippen LogP contribution is 2.44. The summed E-state index contributed by atoms with van der Waals surface area (Å²) in [6.45, 7) is 8.48. The lowest BCUT2D eigenvalue weighted by molar-refractivity contribution is -0.111. The quantitative estimate of drug-likeness (QED) is 0.598. The summed E-state index contributed by atoms with van der Waals surface area (Å²) in [4.78, 5) is 11.4. The number of hydrogen-bond donors (Lipinski definition) is 0. The van der Waals surface area contributed by atoms with Crippen molar-refractivity contribution in [2.75, 3.05) is 6.61 Å². The molecule has 18 heavy (non-hydrogen) atoms. The molecule has 0 saturated heterocycles. The summed E-state index contributed by atoms with van der Waals surface area (Å²) in [6, 6.07) is 6.04. The second-order valence-electron chi connectivity index (χ2n) is 5.56. The lowest BCUT2D eigenvalue weighted by Gasteiger charge is -2.37. The predicted octanol–water partition coefficient (Wildman–Crippen LogP) is 3.51. The molecule has 2 heteroatoms. The Hall–Kier alpha value is -1.57. The zero-order chi connectivity index (χ0) is 13.2. The normalized spacial score (nSPS) is 20.9. The zero-order valence-electron chi connectivity index (χ0n) is 11.1. The molecule has 0 N–H and O–H groups in total. The van der Waals surface area contributed by atoms with E-state index in [9.17, 15) is 4.79 Å². The van der Waals surface area contributed by atoms with Crippen molar-refractivity contribution < 1.29 is 9.53 Å². The molecule has 0 fully saturated rings. The fourth-order valence-electron chi connectivity index (χ4n) is 2.64. The van der Waals surface area contributed by atoms with Gasteiger partial charge in [-0.3, -0.25) is 0 Å². The van der Waals surface area contributed by atoms with Gasteiger partial charge in [-0.1, -0.05) is 32.6 Å². The van der Waals surface area contributed by atoms with Crippen molar-refractivity contribution in [1.82, 2.24) is 0 Å². The number of aldehydes is 1. The maximum Gasteiger partial charge on any atom is 0.127 e. The molecule has 1 aromatic rings. The van der Waals surface area contributed by atoms with Gasteiger partial charge < -0.3 is 9.53 Å². The van der Waals surface area contributed by atoms with Gasteiger partial charge in [0.1, 0.15) is 18.6 Å². The predicted molar refractivity (Wildman–Crippen MR) is 73.0 cm³/mol. The van der Waals surface area contributed by atoms with Gasteiger partial charge in [-0.05, 0) is 41.5 Å². The Morgan fingerprint density at radius 3 is 2.94 bits per heavy atom. The van der Waals surface area contributed by atoms with Gasteiger partial charge in [-0.25, -0.2) is 0 Å². The summed E-state index contributed by atoms with van der Waals surface area (Å²) in [5, 5.41) is 0. The molecule has 0 aromatic heterocycles. The summed E-state index contributed by atoms with van der Waals surface area (Å²) in [7, 11) is 0. The van der Waals surface area contributed by atoms with Crippen LogP contribution in [-0.4, -0.2) is 12.9 Å². The SMILES string of the molecule is C=CCOc1ccc2c(c1)CCC(C)(C)C2C=O. The molecule has 0 saturated carbocycles. The van der Waals surface area contributed by atoms with Gasteiger partial charge in [0.2, 0.25) is 0 Å². The van der Waals surface area contributed by atoms with Crippen LogP contribution in [0.25, 0.3) is 0 Å². The number of rotatable bonds is 4. The fourth-order valence-corrected chi connectivity index (χ4v) is 2.64. The number of hydrogen-bond acceptors (Lipinski definition) is 2. The molecule has 0 aliphatic heterocycles. The largest absolute Gasteiger partial charge is 0.490 e. The molecule has 0 amide bonds. The molecule has 0 bridgehead atoms. The molecule has 0 radical (unpaired) electrons. The van der Waals surface area contributed by atoms with Gasteiger partial charge in [0, 0.05) is 5.92 Å². The van der Waals surface area contributed by atoms with Crippen LogP contribution in [-0.2, 0) is 11.2 Å². The van der Waals surface area contributed by atoms with Crippen molar-refractivity contribution in [3.63, 3.8) is 0 Å². The zero-order valence-corrected chi connectivity index (χ0v) is 11.1. The van der Waals surface area contributed by atoms with Gasteiger partial charge in [-0.2, -0.15) is 0 Å². The molecule has 1 aliphatic carbocycles. The molecule has 2 nitrogen and oxygen atoms in total. The van der Waals surface area contributed by atoms with Crippen LogP contribution in [0.4, 0.5) is 0 Å². The minimum atomic E-state index is -0.00490. The van der Waals surface area contributed by atoms with E-state index in [2.05, 4.69) is 26.5 Å². The lowest BCUT2D eigenvalue weighted by atomic mass is 9.67. The van der Waals surface area contributed by atoms with E-state index in [1.807, 2.05) is 12.1 Å². The third-order valence-corrected chi connectivity index (χ3v) is 3.83. The Bertz CT molecular complexity index is 460. The second kappa shape index (κ2) is 4.97. The molecule has 1 aromatic carbocycles. The maximum absolute atomic E-state index is 11.4. The van der Waals surface area contributed by atoms with E-state index in [4.69, 9.17) is 4.74 Å². The Morgan fingerprint density at radius 2 is 2.28 bits per heavy atom. The van der Waals surface area contributed by atoms with E-state index < -0.39 is 0 Å². The summed E-state index contributed by atoms with van der Waals surface area (Å²) >= 11 is 0. The Balaban J connectivity index is 2.32. The molecule has 1 unspecified atom stereocenters. The molecule has 0 heterocycles. The summed E-state index contributed by atoms with van der Waals surface area (Å²) in [5.41, 5.74) is 2.46. The molecule has 96 valence electrons. The fraction of sp³-hybridized carbons (Fsp3) is 0.438. The van der Waals surface area contributed by atoms with Crippen molar-refractivity contribution in [1.29, 1.82) is 0 Å². The summed E-state index contributed by atoms with van der Waals surface area (Å²) in [5.74, 6) is 0.854. The standard InChI is InChI=1S/C16H20O2/c1-4-9-18-13-5-6-14-12(10-13)7-8-16(2,3)15(14)11-17/h4-6,10-11,15H,1,7-9H2,2-3H3. The summed E-state index contributed by atoms with van der Waals surface area (Å²) < 4.78 is 5.54. The van der Waals surface area contributed by atoms with Crippen molar-refractivity contribution in [2.24, 2.45) is 5.41 Å². The third-order valence-electron chi connectivity index (χ3n) is 3.83. The van der Waals surface area contributed by atoms with Crippen LogP contribution in [0, 0.1) is 5.41 Å². The van der Waals surface area contributed by atoms with E-state index in [0.717, 1.165) is 30.4 Å². The first-order valence-corrected chi connectivity index (χ1v) is 6.40. The van der Waals surface area contributed by atoms with Crippen LogP contribution in [0.5, 0.6) is 5.75 Å². The van der Waals surface area contributed by atoms with Crippen molar-refractivity contribution in [3.8, 4) is 5.75 Å². The van der Waals surface area contributed by atoms with Crippen molar-refractivity contribution in [3.05, 3.63) is 42.0 Å². The number of carbonyl (C=O) groups is 1. The van der Waals surface area contributed by atoms with Gasteiger partial charge in [0.25, 0.3) is 0 Å². The second-order valence-corrected chi connectivity index (χ2v) is 5.56. The average Bonchev–Trinajstić information content (AvgIpc) is 2.35. The summed E-state index contributed by atoms with van der Waals surface area (Å²) in [6.07, 6.45) is 4.87. The number of ether oxygens (including phenoxy) is 1. The molecule has 1 atom stereocenters. The van der Waals surface area contributed by atoms with Gasteiger partial charge >= 0.3 is 0 Å². The first-order valence-electron chi connectivity index (χ1n) is 6.40. The minimum absolute atomic E-state index is 0.00490. The Kier molecular flexibility index (Phi) is 3.55. The third kappa shape index (κ3) is 2.33. The van der Waals surface area contributed by atoms with Crippen LogP contribution in [0.3, 0.4) is 0 Å². The van der Waals surface area contributed by atoms with Gasteiger partial charge in [0.05, 0.1) is 0 Å². The van der Waals surface area contributed by atoms with E-state index in [1.54, 1.807) is 6.08 Å². The van der Waals surface area contributed by atoms with Crippen LogP contribution < -0.4 is 4.74 Å². The highest BCUT2D eigenvalue weighted by atomic mass is 16.5. The average molecular weight is 244 g/mol.